The highest BCUT2D eigenvalue weighted by molar-refractivity contribution is 6.38. The number of halogens is 2. The number of pyridine rings is 1. The van der Waals surface area contributed by atoms with Crippen molar-refractivity contribution < 1.29 is 72.8 Å². The van der Waals surface area contributed by atoms with Crippen LogP contribution in [-0.4, -0.2) is 143 Å². The number of carbonyl (C=O) groups is 4. The van der Waals surface area contributed by atoms with Gasteiger partial charge in [0.05, 0.1) is 82.6 Å². The zero-order valence-electron chi connectivity index (χ0n) is 45.5. The highest BCUT2D eigenvalue weighted by Crippen LogP contribution is 2.58. The lowest BCUT2D eigenvalue weighted by atomic mass is 9.81. The summed E-state index contributed by atoms with van der Waals surface area (Å²) in [5, 5.41) is 66.2. The van der Waals surface area contributed by atoms with Gasteiger partial charge >= 0.3 is 12.1 Å². The Hall–Kier alpha value is -7.35. The number of anilines is 3. The zero-order chi connectivity index (χ0) is 58.7. The van der Waals surface area contributed by atoms with E-state index in [1.54, 1.807) is 41.2 Å². The molecule has 25 heteroatoms. The van der Waals surface area contributed by atoms with Crippen molar-refractivity contribution in [3.05, 3.63) is 108 Å². The SMILES string of the molecule is CO[C@H]1/C=C/O[C@@]2(C)OC3=C(C)C(=O)c4c(O)c(c(N5CCOCC5)c(O)c4C3=C2N=O)NC(=O)/C(C)=C\C=C\[C@H](C)[C@H](O)[C@@H](N)[C@@H](O)[C@@H](C)[C@H](OC(=O)NC2CCN(c3c(F)cc4c(=O)c(C(=O)O)cn(C5CC5)c4c3Cl)C2)[C@@H]1C. The number of carboxylic acid groups (broad SMARTS) is 1. The fourth-order valence-corrected chi connectivity index (χ4v) is 11.8. The third-order valence-corrected chi connectivity index (χ3v) is 16.6. The lowest BCUT2D eigenvalue weighted by Crippen LogP contribution is -2.54. The summed E-state index contributed by atoms with van der Waals surface area (Å²) in [7, 11) is 1.36. The number of fused-ring (bicyclic) bond motifs is 15. The van der Waals surface area contributed by atoms with Gasteiger partial charge in [0.1, 0.15) is 40.4 Å². The number of nitrogens with one attached hydrogen (secondary N) is 2. The summed E-state index contributed by atoms with van der Waals surface area (Å²) in [6.45, 7) is 10.0. The Morgan fingerprint density at radius 3 is 2.33 bits per heavy atom. The Morgan fingerprint density at radius 1 is 0.975 bits per heavy atom. The number of hydrogen-bond acceptors (Lipinski definition) is 19. The van der Waals surface area contributed by atoms with Gasteiger partial charge in [-0.25, -0.2) is 14.0 Å². The summed E-state index contributed by atoms with van der Waals surface area (Å²) < 4.78 is 47.8. The van der Waals surface area contributed by atoms with Gasteiger partial charge in [-0.15, -0.1) is 4.91 Å². The largest absolute Gasteiger partial charge is 0.505 e. The predicted octanol–water partition coefficient (Wildman–Crippen LogP) is 6.10. The topological polar surface area (TPSA) is 324 Å². The number of Topliss-reactive ketones (excluding diaryl/α,β-unsaturated/α-hetero) is 1. The van der Waals surface area contributed by atoms with E-state index in [9.17, 15) is 54.4 Å². The van der Waals surface area contributed by atoms with E-state index >= 15 is 4.39 Å². The first-order valence-corrected chi connectivity index (χ1v) is 27.0. The summed E-state index contributed by atoms with van der Waals surface area (Å²) in [6, 6.07) is -1.18. The van der Waals surface area contributed by atoms with E-state index in [1.807, 2.05) is 0 Å². The fraction of sp³-hybridized carbons (Fsp3) is 0.482. The Balaban J connectivity index is 1.05. The minimum Gasteiger partial charge on any atom is -0.505 e. The number of carbonyl (C=O) groups excluding carboxylic acids is 3. The van der Waals surface area contributed by atoms with Crippen LogP contribution in [0, 0.1) is 28.5 Å². The van der Waals surface area contributed by atoms with Crippen LogP contribution in [0.1, 0.15) is 93.1 Å². The van der Waals surface area contributed by atoms with Crippen molar-refractivity contribution >= 4 is 68.9 Å². The van der Waals surface area contributed by atoms with Crippen LogP contribution in [0.2, 0.25) is 5.02 Å². The molecule has 1 unspecified atom stereocenters. The van der Waals surface area contributed by atoms with Crippen molar-refractivity contribution in [2.24, 2.45) is 28.7 Å². The maximum Gasteiger partial charge on any atom is 0.407 e. The average molecular weight is 1150 g/mol. The molecular formula is C56H65ClFN7O16. The molecule has 3 aromatic rings. The van der Waals surface area contributed by atoms with Gasteiger partial charge in [0.25, 0.3) is 11.7 Å². The molecule has 10 rings (SSSR count). The second kappa shape index (κ2) is 22.9. The third kappa shape index (κ3) is 10.6. The number of phenolic OH excluding ortho intramolecular Hbond substituents is 2. The molecule has 5 aliphatic heterocycles. The average Bonchev–Trinajstić information content (AvgIpc) is 4.09. The molecule has 2 aromatic carbocycles. The van der Waals surface area contributed by atoms with Crippen molar-refractivity contribution in [1.29, 1.82) is 0 Å². The van der Waals surface area contributed by atoms with Gasteiger partial charge in [-0.3, -0.25) is 14.4 Å². The van der Waals surface area contributed by atoms with Crippen molar-refractivity contribution in [3.8, 4) is 11.5 Å². The molecule has 23 nitrogen and oxygen atoms in total. The van der Waals surface area contributed by atoms with Gasteiger partial charge in [-0.05, 0) is 50.4 Å². The second-order valence-electron chi connectivity index (χ2n) is 21.6. The summed E-state index contributed by atoms with van der Waals surface area (Å²) >= 11 is 6.92. The van der Waals surface area contributed by atoms with E-state index in [2.05, 4.69) is 15.8 Å². The van der Waals surface area contributed by atoms with Crippen LogP contribution in [0.15, 0.2) is 75.4 Å². The molecule has 7 aliphatic rings. The first kappa shape index (κ1) is 58.3. The number of alkyl carbamates (subject to hydrolysis) is 1. The lowest BCUT2D eigenvalue weighted by Gasteiger charge is -2.38. The van der Waals surface area contributed by atoms with Crippen LogP contribution in [0.3, 0.4) is 0 Å². The number of carboxylic acids is 1. The number of aromatic carboxylic acids is 1. The van der Waals surface area contributed by atoms with E-state index in [-0.39, 0.29) is 113 Å². The first-order chi connectivity index (χ1) is 38.4. The van der Waals surface area contributed by atoms with Gasteiger partial charge in [0, 0.05) is 86.9 Å². The number of hydrogen-bond donors (Lipinski definition) is 8. The van der Waals surface area contributed by atoms with E-state index in [1.165, 1.54) is 52.3 Å². The van der Waals surface area contributed by atoms with Gasteiger partial charge < -0.3 is 80.0 Å². The third-order valence-electron chi connectivity index (χ3n) is 16.2. The van der Waals surface area contributed by atoms with E-state index in [0.717, 1.165) is 12.3 Å². The number of nitrogens with two attached hydrogens (primary N) is 1. The predicted molar refractivity (Wildman–Crippen MR) is 294 cm³/mol. The van der Waals surface area contributed by atoms with E-state index < -0.39 is 123 Å². The molecule has 0 spiro atoms. The summed E-state index contributed by atoms with van der Waals surface area (Å²) in [5.74, 6) is -10.1. The van der Waals surface area contributed by atoms with Crippen LogP contribution >= 0.6 is 11.6 Å². The summed E-state index contributed by atoms with van der Waals surface area (Å²) in [6.07, 6.45) is 3.70. The van der Waals surface area contributed by atoms with Gasteiger partial charge in [-0.1, -0.05) is 50.6 Å². The molecule has 2 aliphatic carbocycles. The molecule has 9 N–H and O–H groups in total. The van der Waals surface area contributed by atoms with Crippen LogP contribution in [0.25, 0.3) is 16.5 Å². The standard InChI is InChI=1S/C56H65ClFN7O16/c1-24-9-8-10-25(2)53(72)61-40-43(63-16-19-78-20-17-63)49(71)35-36(48(40)70)45(67)27(4)51-37(35)52(62-76)56(6,81-51)79-18-14-34(77-7)26(3)50(28(5)46(68)39(59)44(24)66)80-55(75)60-29-13-15-64(22-29)42-33(58)21-31-41(38(42)57)65(30-11-12-30)23-32(47(31)69)54(73)74/h8-10,14,18,21,23-24,26,28-30,34,39,44,46,50,66,68,70-71H,11-13,15-17,19-20,22,59H2,1-7H3,(H,60,75)(H,61,72)(H,73,74)/b9-8+,18-14+,25-10-/t24-,26+,28+,29?,34-,39+,44-,46-,50+,56-/m0/s1. The molecular weight excluding hydrogens is 1080 g/mol. The van der Waals surface area contributed by atoms with Gasteiger partial charge in [0.15, 0.2) is 17.2 Å². The van der Waals surface area contributed by atoms with Gasteiger partial charge in [0.2, 0.25) is 5.43 Å². The number of aliphatic hydroxyl groups excluding tert-OH is 2. The monoisotopic (exact) mass is 1150 g/mol. The van der Waals surface area contributed by atoms with Crippen molar-refractivity contribution in [2.45, 2.75) is 109 Å². The molecule has 5 bridgehead atoms. The van der Waals surface area contributed by atoms with Crippen molar-refractivity contribution in [2.75, 3.05) is 61.6 Å². The molecule has 0 radical (unpaired) electrons. The summed E-state index contributed by atoms with van der Waals surface area (Å²) in [4.78, 5) is 83.9. The zero-order valence-corrected chi connectivity index (χ0v) is 46.3. The number of nitrogens with zero attached hydrogens (tertiary/aromatic N) is 4. The molecule has 81 heavy (non-hydrogen) atoms. The maximum absolute atomic E-state index is 16.1. The maximum atomic E-state index is 16.1. The number of allylic oxidation sites excluding steroid dienone is 4. The number of amides is 2. The number of aliphatic hydroxyl groups is 2. The van der Waals surface area contributed by atoms with E-state index in [0.29, 0.717) is 12.8 Å². The number of rotatable bonds is 8. The number of phenols is 2. The molecule has 1 aromatic heterocycles. The number of methoxy groups -OCH3 is 1. The quantitative estimate of drug-likeness (QED) is 0.0717. The number of ether oxygens (including phenoxy) is 5. The molecule has 3 fully saturated rings. The first-order valence-electron chi connectivity index (χ1n) is 26.6. The van der Waals surface area contributed by atoms with Crippen LogP contribution in [-0.2, 0) is 28.5 Å². The molecule has 6 heterocycles. The highest BCUT2D eigenvalue weighted by Gasteiger charge is 2.52. The molecule has 10 atom stereocenters. The number of morpholine rings is 1. The number of benzene rings is 2. The number of aromatic hydroxyl groups is 2. The van der Waals surface area contributed by atoms with Gasteiger partial charge in [-0.2, -0.15) is 0 Å². The van der Waals surface area contributed by atoms with Crippen molar-refractivity contribution in [1.82, 2.24) is 9.88 Å². The highest BCUT2D eigenvalue weighted by atomic mass is 35.5. The van der Waals surface area contributed by atoms with Crippen LogP contribution in [0.4, 0.5) is 26.2 Å². The Morgan fingerprint density at radius 2 is 1.68 bits per heavy atom. The van der Waals surface area contributed by atoms with Crippen LogP contribution in [0.5, 0.6) is 11.5 Å². The molecule has 1 saturated carbocycles. The number of aromatic nitrogens is 1. The number of nitroso groups, excluding NO2 is 1. The minimum atomic E-state index is -2.10. The number of ketones is 1. The fourth-order valence-electron chi connectivity index (χ4n) is 11.4. The molecule has 434 valence electrons. The Labute approximate surface area is 469 Å². The normalized spacial score (nSPS) is 29.9. The molecule has 2 amide bonds. The van der Waals surface area contributed by atoms with Crippen LogP contribution < -0.4 is 31.6 Å². The minimum absolute atomic E-state index is 0.0286. The Bertz CT molecular complexity index is 3330. The lowest BCUT2D eigenvalue weighted by molar-refractivity contribution is -0.126. The Kier molecular flexibility index (Phi) is 16.5. The second-order valence-corrected chi connectivity index (χ2v) is 21.9. The molecule has 2 saturated heterocycles. The van der Waals surface area contributed by atoms with Crippen molar-refractivity contribution in [3.63, 3.8) is 0 Å². The summed E-state index contributed by atoms with van der Waals surface area (Å²) in [5.41, 5.74) is 3.69. The smallest absolute Gasteiger partial charge is 0.407 e. The van der Waals surface area contributed by atoms with E-state index in [4.69, 9.17) is 41.0 Å².